The smallest absolute Gasteiger partial charge is 0.150 e. The quantitative estimate of drug-likeness (QED) is 0.701. The van der Waals surface area contributed by atoms with Crippen LogP contribution in [0.1, 0.15) is 5.56 Å². The Bertz CT molecular complexity index is 738. The van der Waals surface area contributed by atoms with Crippen molar-refractivity contribution in [3.63, 3.8) is 0 Å². The summed E-state index contributed by atoms with van der Waals surface area (Å²) in [5.74, 6) is 1.35. The van der Waals surface area contributed by atoms with Gasteiger partial charge in [0.25, 0.3) is 0 Å². The molecule has 2 N–H and O–H groups in total. The number of para-hydroxylation sites is 1. The van der Waals surface area contributed by atoms with Gasteiger partial charge in [-0.15, -0.1) is 0 Å². The second kappa shape index (κ2) is 4.61. The number of hydrogen-bond donors (Lipinski definition) is 1. The Labute approximate surface area is 111 Å². The maximum Gasteiger partial charge on any atom is 0.150 e. The second-order valence-corrected chi connectivity index (χ2v) is 4.51. The molecular formula is C16H14N2O. The van der Waals surface area contributed by atoms with Crippen LogP contribution in [0.4, 0.5) is 5.69 Å². The van der Waals surface area contributed by atoms with Crippen molar-refractivity contribution in [2.45, 2.75) is 6.92 Å². The molecule has 0 bridgehead atoms. The third kappa shape index (κ3) is 2.36. The summed E-state index contributed by atoms with van der Waals surface area (Å²) in [4.78, 5) is 4.36. The molecule has 0 saturated heterocycles. The van der Waals surface area contributed by atoms with E-state index in [1.807, 2.05) is 55.5 Å². The lowest BCUT2D eigenvalue weighted by Crippen LogP contribution is -1.93. The number of ether oxygens (including phenoxy) is 1. The molecular weight excluding hydrogens is 236 g/mol. The molecule has 0 aliphatic heterocycles. The predicted octanol–water partition coefficient (Wildman–Crippen LogP) is 3.92. The molecule has 19 heavy (non-hydrogen) atoms. The van der Waals surface area contributed by atoms with Gasteiger partial charge < -0.3 is 10.5 Å². The summed E-state index contributed by atoms with van der Waals surface area (Å²) in [6, 6.07) is 15.6. The van der Waals surface area contributed by atoms with Crippen LogP contribution in [0.5, 0.6) is 11.5 Å². The minimum Gasteiger partial charge on any atom is -0.454 e. The van der Waals surface area contributed by atoms with Crippen LogP contribution < -0.4 is 10.5 Å². The van der Waals surface area contributed by atoms with Gasteiger partial charge in [0.05, 0.1) is 17.4 Å². The van der Waals surface area contributed by atoms with Crippen LogP contribution in [0.15, 0.2) is 54.7 Å². The molecule has 1 heterocycles. The van der Waals surface area contributed by atoms with E-state index in [9.17, 15) is 0 Å². The van der Waals surface area contributed by atoms with Crippen LogP contribution in [-0.2, 0) is 0 Å². The average molecular weight is 250 g/mol. The van der Waals surface area contributed by atoms with E-state index in [1.54, 1.807) is 6.20 Å². The van der Waals surface area contributed by atoms with Crippen LogP contribution in [0.3, 0.4) is 0 Å². The van der Waals surface area contributed by atoms with Crippen molar-refractivity contribution >= 4 is 16.6 Å². The summed E-state index contributed by atoms with van der Waals surface area (Å²) in [6.07, 6.45) is 1.71. The van der Waals surface area contributed by atoms with Crippen molar-refractivity contribution < 1.29 is 4.74 Å². The molecule has 94 valence electrons. The van der Waals surface area contributed by atoms with Crippen molar-refractivity contribution in [2.24, 2.45) is 0 Å². The summed E-state index contributed by atoms with van der Waals surface area (Å²) in [7, 11) is 0. The van der Waals surface area contributed by atoms with E-state index >= 15 is 0 Å². The molecule has 0 atom stereocenters. The Balaban J connectivity index is 1.98. The second-order valence-electron chi connectivity index (χ2n) is 4.51. The summed E-state index contributed by atoms with van der Waals surface area (Å²) in [5, 5.41) is 1.05. The Morgan fingerprint density at radius 3 is 2.79 bits per heavy atom. The lowest BCUT2D eigenvalue weighted by Gasteiger charge is -2.09. The number of nitrogens with zero attached hydrogens (tertiary/aromatic N) is 1. The number of nitrogen functional groups attached to an aromatic ring is 1. The number of hydrogen-bond acceptors (Lipinski definition) is 3. The first-order valence-corrected chi connectivity index (χ1v) is 6.11. The van der Waals surface area contributed by atoms with Crippen LogP contribution in [-0.4, -0.2) is 4.98 Å². The molecule has 3 aromatic rings. The van der Waals surface area contributed by atoms with E-state index in [-0.39, 0.29) is 0 Å². The number of nitrogens with two attached hydrogens (primary N) is 1. The summed E-state index contributed by atoms with van der Waals surface area (Å²) in [5.41, 5.74) is 8.59. The van der Waals surface area contributed by atoms with E-state index in [1.165, 1.54) is 0 Å². The average Bonchev–Trinajstić information content (AvgIpc) is 2.43. The van der Waals surface area contributed by atoms with Crippen LogP contribution >= 0.6 is 0 Å². The topological polar surface area (TPSA) is 48.1 Å². The maximum absolute atomic E-state index is 5.90. The summed E-state index contributed by atoms with van der Waals surface area (Å²) < 4.78 is 5.81. The first-order chi connectivity index (χ1) is 9.22. The highest BCUT2D eigenvalue weighted by Gasteiger charge is 2.04. The first kappa shape index (κ1) is 11.5. The number of aryl methyl sites for hydroxylation is 1. The molecule has 0 unspecified atom stereocenters. The first-order valence-electron chi connectivity index (χ1n) is 6.11. The number of fused-ring (bicyclic) bond motifs is 1. The fraction of sp³-hybridized carbons (Fsp3) is 0.0625. The molecule has 3 nitrogen and oxygen atoms in total. The van der Waals surface area contributed by atoms with Crippen molar-refractivity contribution in [2.75, 3.05) is 5.73 Å². The van der Waals surface area contributed by atoms with Crippen molar-refractivity contribution in [1.82, 2.24) is 4.98 Å². The van der Waals surface area contributed by atoms with E-state index in [0.717, 1.165) is 16.5 Å². The predicted molar refractivity (Wildman–Crippen MR) is 77.4 cm³/mol. The van der Waals surface area contributed by atoms with Crippen LogP contribution in [0, 0.1) is 6.92 Å². The van der Waals surface area contributed by atoms with Gasteiger partial charge >= 0.3 is 0 Å². The minimum atomic E-state index is 0.624. The molecule has 0 saturated carbocycles. The third-order valence-electron chi connectivity index (χ3n) is 2.96. The van der Waals surface area contributed by atoms with Gasteiger partial charge in [0.15, 0.2) is 5.75 Å². The van der Waals surface area contributed by atoms with E-state index < -0.39 is 0 Å². The number of pyridine rings is 1. The summed E-state index contributed by atoms with van der Waals surface area (Å²) in [6.45, 7) is 2.00. The Morgan fingerprint density at radius 2 is 1.89 bits per heavy atom. The van der Waals surface area contributed by atoms with Gasteiger partial charge in [-0.3, -0.25) is 4.98 Å². The highest BCUT2D eigenvalue weighted by Crippen LogP contribution is 2.29. The molecule has 0 fully saturated rings. The minimum absolute atomic E-state index is 0.624. The van der Waals surface area contributed by atoms with Gasteiger partial charge in [-0.1, -0.05) is 24.3 Å². The zero-order valence-electron chi connectivity index (χ0n) is 10.6. The zero-order chi connectivity index (χ0) is 13.2. The largest absolute Gasteiger partial charge is 0.454 e. The molecule has 0 amide bonds. The van der Waals surface area contributed by atoms with Crippen molar-refractivity contribution in [3.05, 3.63) is 60.3 Å². The lowest BCUT2D eigenvalue weighted by molar-refractivity contribution is 0.483. The fourth-order valence-electron chi connectivity index (χ4n) is 1.96. The highest BCUT2D eigenvalue weighted by atomic mass is 16.5. The molecule has 0 spiro atoms. The Morgan fingerprint density at radius 1 is 1.05 bits per heavy atom. The van der Waals surface area contributed by atoms with Gasteiger partial charge in [-0.25, -0.2) is 0 Å². The van der Waals surface area contributed by atoms with E-state index in [2.05, 4.69) is 4.98 Å². The van der Waals surface area contributed by atoms with Gasteiger partial charge in [0.1, 0.15) is 5.75 Å². The zero-order valence-corrected chi connectivity index (χ0v) is 10.6. The normalized spacial score (nSPS) is 10.6. The molecule has 0 radical (unpaired) electrons. The molecule has 3 heteroatoms. The van der Waals surface area contributed by atoms with Crippen molar-refractivity contribution in [3.8, 4) is 11.5 Å². The standard InChI is InChI=1S/C16H14N2O/c1-11-6-7-14(17)16(8-11)19-13-9-12-4-2-3-5-15(12)18-10-13/h2-10H,17H2,1H3. The number of rotatable bonds is 2. The van der Waals surface area contributed by atoms with E-state index in [0.29, 0.717) is 17.2 Å². The molecule has 3 rings (SSSR count). The molecule has 0 aliphatic rings. The maximum atomic E-state index is 5.90. The number of aromatic nitrogens is 1. The third-order valence-corrected chi connectivity index (χ3v) is 2.96. The highest BCUT2D eigenvalue weighted by molar-refractivity contribution is 5.79. The van der Waals surface area contributed by atoms with Gasteiger partial charge in [0, 0.05) is 5.39 Å². The van der Waals surface area contributed by atoms with Gasteiger partial charge in [-0.2, -0.15) is 0 Å². The van der Waals surface area contributed by atoms with Gasteiger partial charge in [-0.05, 0) is 36.8 Å². The summed E-state index contributed by atoms with van der Waals surface area (Å²) >= 11 is 0. The lowest BCUT2D eigenvalue weighted by atomic mass is 10.2. The Kier molecular flexibility index (Phi) is 2.80. The van der Waals surface area contributed by atoms with Gasteiger partial charge in [0.2, 0.25) is 0 Å². The van der Waals surface area contributed by atoms with Crippen LogP contribution in [0.25, 0.3) is 10.9 Å². The SMILES string of the molecule is Cc1ccc(N)c(Oc2cnc3ccccc3c2)c1. The fourth-order valence-corrected chi connectivity index (χ4v) is 1.96. The van der Waals surface area contributed by atoms with Crippen LogP contribution in [0.2, 0.25) is 0 Å². The number of anilines is 1. The Hall–Kier alpha value is -2.55. The van der Waals surface area contributed by atoms with E-state index in [4.69, 9.17) is 10.5 Å². The molecule has 2 aromatic carbocycles. The monoisotopic (exact) mass is 250 g/mol. The number of benzene rings is 2. The molecule has 1 aromatic heterocycles. The molecule has 0 aliphatic carbocycles. The van der Waals surface area contributed by atoms with Crippen molar-refractivity contribution in [1.29, 1.82) is 0 Å².